The first kappa shape index (κ1) is 36.5. The summed E-state index contributed by atoms with van der Waals surface area (Å²) >= 11 is 1.51. The number of amides is 3. The molecule has 8 heterocycles. The predicted octanol–water partition coefficient (Wildman–Crippen LogP) is 4.12. The molecule has 2 atom stereocenters. The number of nitrogens with one attached hydrogen (secondary N) is 3. The van der Waals surface area contributed by atoms with Gasteiger partial charge in [0, 0.05) is 111 Å². The van der Waals surface area contributed by atoms with Crippen molar-refractivity contribution in [1.82, 2.24) is 39.6 Å². The smallest absolute Gasteiger partial charge is 0.329 e. The highest BCUT2D eigenvalue weighted by molar-refractivity contribution is 7.21. The fraction of sp³-hybridized carbons (Fsp3) is 0.405. The zero-order valence-corrected chi connectivity index (χ0v) is 33.3. The Morgan fingerprint density at radius 2 is 1.66 bits per heavy atom. The van der Waals surface area contributed by atoms with E-state index in [1.807, 2.05) is 43.6 Å². The fourth-order valence-electron chi connectivity index (χ4n) is 9.15. The molecule has 3 amide bonds. The molecular weight excluding hydrogens is 755 g/mol. The number of rotatable bonds is 6. The number of imidazole rings is 1. The number of pyridine rings is 1. The first-order valence-corrected chi connectivity index (χ1v) is 21.0. The van der Waals surface area contributed by atoms with E-state index in [1.54, 1.807) is 11.6 Å². The molecule has 298 valence electrons. The number of fused-ring (bicyclic) bond motifs is 6. The van der Waals surface area contributed by atoms with Gasteiger partial charge in [0.1, 0.15) is 10.9 Å². The molecule has 0 spiro atoms. The van der Waals surface area contributed by atoms with Crippen molar-refractivity contribution >= 4 is 78.4 Å². The zero-order valence-electron chi connectivity index (χ0n) is 32.5. The highest BCUT2D eigenvalue weighted by atomic mass is 32.1. The molecule has 10 rings (SSSR count). The lowest BCUT2D eigenvalue weighted by Gasteiger charge is -2.39. The summed E-state index contributed by atoms with van der Waals surface area (Å²) in [6.45, 7) is 9.29. The van der Waals surface area contributed by atoms with Crippen molar-refractivity contribution in [2.24, 2.45) is 13.0 Å². The van der Waals surface area contributed by atoms with Gasteiger partial charge in [-0.1, -0.05) is 0 Å². The number of imide groups is 1. The van der Waals surface area contributed by atoms with E-state index >= 15 is 0 Å². The number of nitrogens with zero attached hydrogens (tertiary/aromatic N) is 8. The van der Waals surface area contributed by atoms with Crippen molar-refractivity contribution in [3.63, 3.8) is 0 Å². The summed E-state index contributed by atoms with van der Waals surface area (Å²) in [6, 6.07) is 13.6. The van der Waals surface area contributed by atoms with Gasteiger partial charge in [-0.2, -0.15) is 0 Å². The van der Waals surface area contributed by atoms with Gasteiger partial charge in [-0.3, -0.25) is 33.7 Å². The van der Waals surface area contributed by atoms with Crippen LogP contribution in [-0.4, -0.2) is 105 Å². The number of piperazine rings is 1. The van der Waals surface area contributed by atoms with E-state index in [4.69, 9.17) is 15.0 Å². The molecule has 58 heavy (non-hydrogen) atoms. The highest BCUT2D eigenvalue weighted by Gasteiger charge is 2.32. The molecule has 0 saturated carbocycles. The van der Waals surface area contributed by atoms with E-state index in [9.17, 15) is 19.2 Å². The summed E-state index contributed by atoms with van der Waals surface area (Å²) in [6.07, 6.45) is 6.46. The normalized spacial score (nSPS) is 21.0. The van der Waals surface area contributed by atoms with Crippen LogP contribution in [0.15, 0.2) is 59.7 Å². The second-order valence-corrected chi connectivity index (χ2v) is 17.2. The number of anilines is 3. The van der Waals surface area contributed by atoms with Crippen molar-refractivity contribution < 1.29 is 14.4 Å². The van der Waals surface area contributed by atoms with Crippen LogP contribution in [0.1, 0.15) is 48.3 Å². The number of hydrogen-bond acceptors (Lipinski definition) is 12. The third-order valence-corrected chi connectivity index (χ3v) is 13.5. The van der Waals surface area contributed by atoms with Gasteiger partial charge in [0.2, 0.25) is 17.8 Å². The quantitative estimate of drug-likeness (QED) is 0.208. The second kappa shape index (κ2) is 14.5. The largest absolute Gasteiger partial charge is 0.381 e. The molecule has 6 aromatic rings. The number of thiophene rings is 1. The minimum Gasteiger partial charge on any atom is -0.381 e. The molecule has 15 nitrogen and oxygen atoms in total. The van der Waals surface area contributed by atoms with Crippen molar-refractivity contribution in [2.45, 2.75) is 44.7 Å². The van der Waals surface area contributed by atoms with Crippen LogP contribution in [0.2, 0.25) is 0 Å². The molecule has 16 heteroatoms. The topological polar surface area (TPSA) is 163 Å². The van der Waals surface area contributed by atoms with E-state index < -0.39 is 11.9 Å². The minimum absolute atomic E-state index is 0.0337. The number of aryl methyl sites for hydroxylation is 1. The summed E-state index contributed by atoms with van der Waals surface area (Å²) in [7, 11) is 1.74. The van der Waals surface area contributed by atoms with Crippen LogP contribution in [0.4, 0.5) is 17.3 Å². The first-order valence-electron chi connectivity index (χ1n) is 20.2. The van der Waals surface area contributed by atoms with Gasteiger partial charge < -0.3 is 20.4 Å². The van der Waals surface area contributed by atoms with Gasteiger partial charge in [-0.15, -0.1) is 11.3 Å². The number of hydrogen-bond donors (Lipinski definition) is 3. The van der Waals surface area contributed by atoms with E-state index in [2.05, 4.69) is 48.8 Å². The molecule has 0 radical (unpaired) electrons. The van der Waals surface area contributed by atoms with Crippen molar-refractivity contribution in [1.29, 1.82) is 0 Å². The fourth-order valence-corrected chi connectivity index (χ4v) is 10.2. The van der Waals surface area contributed by atoms with Crippen LogP contribution < -0.4 is 31.4 Å². The summed E-state index contributed by atoms with van der Waals surface area (Å²) in [5, 5.41) is 11.0. The van der Waals surface area contributed by atoms with Gasteiger partial charge in [0.05, 0.1) is 27.9 Å². The third-order valence-electron chi connectivity index (χ3n) is 12.4. The van der Waals surface area contributed by atoms with Crippen LogP contribution in [0, 0.1) is 5.92 Å². The molecule has 4 aromatic heterocycles. The van der Waals surface area contributed by atoms with E-state index in [0.717, 1.165) is 114 Å². The van der Waals surface area contributed by atoms with Crippen LogP contribution in [0.5, 0.6) is 0 Å². The first-order chi connectivity index (χ1) is 28.2. The third kappa shape index (κ3) is 6.43. The van der Waals surface area contributed by atoms with Crippen LogP contribution in [-0.2, 0) is 16.6 Å². The van der Waals surface area contributed by atoms with Crippen LogP contribution in [0.25, 0.3) is 43.3 Å². The summed E-state index contributed by atoms with van der Waals surface area (Å²) < 4.78 is 4.20. The maximum absolute atomic E-state index is 13.2. The Balaban J connectivity index is 0.743. The molecule has 4 aliphatic heterocycles. The minimum atomic E-state index is -0.685. The average Bonchev–Trinajstić information content (AvgIpc) is 3.69. The monoisotopic (exact) mass is 799 g/mol. The number of carbonyl (C=O) groups is 3. The van der Waals surface area contributed by atoms with Gasteiger partial charge >= 0.3 is 5.69 Å². The Hall–Kier alpha value is -5.87. The number of piperidine rings is 2. The molecule has 3 fully saturated rings. The molecule has 1 unspecified atom stereocenters. The van der Waals surface area contributed by atoms with Gasteiger partial charge in [-0.25, -0.2) is 19.7 Å². The Bertz CT molecular complexity index is 2670. The lowest BCUT2D eigenvalue weighted by molar-refractivity contribution is -0.135. The molecule has 4 aliphatic rings. The molecule has 0 aliphatic carbocycles. The lowest BCUT2D eigenvalue weighted by Crippen LogP contribution is -2.49. The standard InChI is InChI=1S/C42H45N11O4S/c1-24-20-43-37-36-28-4-5-29(47-30(28)6-9-34(36)58-38(37)40(56)46-24)26-21-44-41(45-22-26)52-17-15-50(16-18-52)23-25-11-13-51(14-12-25)27-3-7-31-33(19-27)49(2)42(57)53(31)32-8-10-35(54)48-39(32)55/h3-7,9,19,21-22,24-25,32,43H,8,10-18,20,23H2,1-2H3,(H,46,56)(H,48,54,55)/t24-,32?/m1/s1. The van der Waals surface area contributed by atoms with Gasteiger partial charge in [0.15, 0.2) is 0 Å². The van der Waals surface area contributed by atoms with Crippen LogP contribution >= 0.6 is 11.3 Å². The molecule has 0 bridgehead atoms. The van der Waals surface area contributed by atoms with E-state index in [-0.39, 0.29) is 30.0 Å². The summed E-state index contributed by atoms with van der Waals surface area (Å²) in [5.41, 5.74) is 5.76. The van der Waals surface area contributed by atoms with E-state index in [0.29, 0.717) is 29.3 Å². The molecular formula is C42H45N11O4S. The molecule has 3 N–H and O–H groups in total. The number of carbonyl (C=O) groups excluding carboxylic acids is 3. The Morgan fingerprint density at radius 3 is 2.43 bits per heavy atom. The lowest BCUT2D eigenvalue weighted by atomic mass is 9.95. The Kier molecular flexibility index (Phi) is 9.12. The van der Waals surface area contributed by atoms with Crippen LogP contribution in [0.3, 0.4) is 0 Å². The number of benzene rings is 2. The van der Waals surface area contributed by atoms with Gasteiger partial charge in [-0.05, 0) is 74.6 Å². The number of aromatic nitrogens is 5. The Morgan fingerprint density at radius 1 is 0.862 bits per heavy atom. The van der Waals surface area contributed by atoms with Gasteiger partial charge in [0.25, 0.3) is 5.91 Å². The van der Waals surface area contributed by atoms with Crippen molar-refractivity contribution in [3.05, 3.63) is 70.2 Å². The molecule has 3 saturated heterocycles. The second-order valence-electron chi connectivity index (χ2n) is 16.1. The van der Waals surface area contributed by atoms with E-state index in [1.165, 1.54) is 15.9 Å². The summed E-state index contributed by atoms with van der Waals surface area (Å²) in [4.78, 5) is 72.8. The van der Waals surface area contributed by atoms with Crippen molar-refractivity contribution in [3.8, 4) is 11.3 Å². The maximum Gasteiger partial charge on any atom is 0.329 e. The zero-order chi connectivity index (χ0) is 39.7. The Labute approximate surface area is 338 Å². The highest BCUT2D eigenvalue weighted by Crippen LogP contribution is 2.41. The summed E-state index contributed by atoms with van der Waals surface area (Å²) in [5.74, 6) is 0.601. The SMILES string of the molecule is C[C@@H]1CNc2c(sc3ccc4nc(-c5cnc(N6CCN(CC7CCN(c8ccc9c(c8)n(C)c(=O)n9C8CCC(=O)NC8=O)CC7)CC6)nc5)ccc4c23)C(=O)N1. The maximum atomic E-state index is 13.2. The molecule has 2 aromatic carbocycles. The predicted molar refractivity (Wildman–Crippen MR) is 226 cm³/mol. The van der Waals surface area contributed by atoms with Crippen molar-refractivity contribution in [2.75, 3.05) is 67.5 Å². The average molecular weight is 800 g/mol.